The first-order valence-electron chi connectivity index (χ1n) is 8.18. The zero-order chi connectivity index (χ0) is 17.4. The molecule has 130 valence electrons. The maximum atomic E-state index is 14.2. The molecule has 1 aliphatic carbocycles. The third kappa shape index (κ3) is 3.09. The standard InChI is InChI=1S/C18H22FNO4/c1-10-6-14(12-4-2-3-5-13(12)19)20(9-10)18(24)11-7-15(21)17(23)16(22)8-11/h2-5,7,10,14-17,21-23H,6,8-9H2,1H3/t10?,14?,15-,16-,17-/m1/s1. The molecular weight excluding hydrogens is 313 g/mol. The molecule has 24 heavy (non-hydrogen) atoms. The summed E-state index contributed by atoms with van der Waals surface area (Å²) in [7, 11) is 0. The fourth-order valence-corrected chi connectivity index (χ4v) is 3.60. The van der Waals surface area contributed by atoms with Crippen molar-refractivity contribution in [2.24, 2.45) is 5.92 Å². The fourth-order valence-electron chi connectivity index (χ4n) is 3.60. The number of halogens is 1. The van der Waals surface area contributed by atoms with Crippen LogP contribution in [0.5, 0.6) is 0 Å². The van der Waals surface area contributed by atoms with Crippen molar-refractivity contribution in [2.45, 2.75) is 44.1 Å². The lowest BCUT2D eigenvalue weighted by molar-refractivity contribution is -0.129. The third-order valence-corrected chi connectivity index (χ3v) is 4.86. The van der Waals surface area contributed by atoms with Crippen LogP contribution >= 0.6 is 0 Å². The van der Waals surface area contributed by atoms with Gasteiger partial charge in [-0.15, -0.1) is 0 Å². The molecule has 6 heteroatoms. The van der Waals surface area contributed by atoms with Crippen molar-refractivity contribution < 1.29 is 24.5 Å². The summed E-state index contributed by atoms with van der Waals surface area (Å²) in [4.78, 5) is 14.5. The zero-order valence-electron chi connectivity index (χ0n) is 13.5. The highest BCUT2D eigenvalue weighted by Crippen LogP contribution is 2.38. The number of nitrogens with zero attached hydrogens (tertiary/aromatic N) is 1. The van der Waals surface area contributed by atoms with E-state index in [1.807, 2.05) is 6.92 Å². The van der Waals surface area contributed by atoms with Crippen LogP contribution in [0.4, 0.5) is 4.39 Å². The Morgan fingerprint density at radius 2 is 1.96 bits per heavy atom. The average Bonchev–Trinajstić information content (AvgIpc) is 2.93. The van der Waals surface area contributed by atoms with Crippen LogP contribution in [0.2, 0.25) is 0 Å². The molecule has 2 aliphatic rings. The van der Waals surface area contributed by atoms with E-state index in [2.05, 4.69) is 0 Å². The Kier molecular flexibility index (Phi) is 4.71. The lowest BCUT2D eigenvalue weighted by Crippen LogP contribution is -2.43. The maximum Gasteiger partial charge on any atom is 0.250 e. The van der Waals surface area contributed by atoms with Crippen LogP contribution in [-0.2, 0) is 4.79 Å². The number of hydrogen-bond acceptors (Lipinski definition) is 4. The molecule has 3 rings (SSSR count). The van der Waals surface area contributed by atoms with Gasteiger partial charge in [0.15, 0.2) is 0 Å². The molecule has 0 bridgehead atoms. The average molecular weight is 335 g/mol. The second-order valence-electron chi connectivity index (χ2n) is 6.78. The van der Waals surface area contributed by atoms with Gasteiger partial charge in [-0.1, -0.05) is 25.1 Å². The molecule has 1 saturated heterocycles. The first-order chi connectivity index (χ1) is 11.4. The summed E-state index contributed by atoms with van der Waals surface area (Å²) in [6.07, 6.45) is -1.82. The fraction of sp³-hybridized carbons (Fsp3) is 0.500. The highest BCUT2D eigenvalue weighted by atomic mass is 19.1. The second-order valence-corrected chi connectivity index (χ2v) is 6.78. The normalized spacial score (nSPS) is 33.5. The topological polar surface area (TPSA) is 81.0 Å². The van der Waals surface area contributed by atoms with Gasteiger partial charge < -0.3 is 20.2 Å². The van der Waals surface area contributed by atoms with Gasteiger partial charge in [0.05, 0.1) is 12.1 Å². The summed E-state index contributed by atoms with van der Waals surface area (Å²) in [5.41, 5.74) is 0.739. The molecule has 1 aromatic carbocycles. The number of carbonyl (C=O) groups is 1. The van der Waals surface area contributed by atoms with Crippen molar-refractivity contribution in [3.05, 3.63) is 47.3 Å². The maximum absolute atomic E-state index is 14.2. The van der Waals surface area contributed by atoms with Gasteiger partial charge in [0.2, 0.25) is 5.91 Å². The quantitative estimate of drug-likeness (QED) is 0.757. The summed E-state index contributed by atoms with van der Waals surface area (Å²) < 4.78 is 14.2. The number of aliphatic hydroxyl groups is 3. The molecule has 0 spiro atoms. The molecule has 0 aromatic heterocycles. The van der Waals surface area contributed by atoms with Crippen molar-refractivity contribution >= 4 is 5.91 Å². The Morgan fingerprint density at radius 1 is 1.25 bits per heavy atom. The number of amides is 1. The minimum atomic E-state index is -1.29. The van der Waals surface area contributed by atoms with Crippen LogP contribution in [0.3, 0.4) is 0 Å². The van der Waals surface area contributed by atoms with E-state index < -0.39 is 18.3 Å². The number of carbonyl (C=O) groups excluding carboxylic acids is 1. The molecule has 1 aromatic rings. The van der Waals surface area contributed by atoms with E-state index in [0.29, 0.717) is 18.5 Å². The Morgan fingerprint density at radius 3 is 2.62 bits per heavy atom. The minimum absolute atomic E-state index is 0.0219. The smallest absolute Gasteiger partial charge is 0.250 e. The predicted octanol–water partition coefficient (Wildman–Crippen LogP) is 1.15. The Hall–Kier alpha value is -1.76. The van der Waals surface area contributed by atoms with Crippen LogP contribution in [0.25, 0.3) is 0 Å². The Labute approximate surface area is 140 Å². The molecular formula is C18H22FNO4. The van der Waals surface area contributed by atoms with Crippen molar-refractivity contribution in [3.63, 3.8) is 0 Å². The third-order valence-electron chi connectivity index (χ3n) is 4.86. The monoisotopic (exact) mass is 335 g/mol. The van der Waals surface area contributed by atoms with E-state index in [-0.39, 0.29) is 35.7 Å². The summed E-state index contributed by atoms with van der Waals surface area (Å²) in [5.74, 6) is -0.441. The van der Waals surface area contributed by atoms with Crippen molar-refractivity contribution in [1.29, 1.82) is 0 Å². The highest BCUT2D eigenvalue weighted by Gasteiger charge is 2.39. The highest BCUT2D eigenvalue weighted by molar-refractivity contribution is 5.94. The van der Waals surface area contributed by atoms with Crippen molar-refractivity contribution in [2.75, 3.05) is 6.54 Å². The summed E-state index contributed by atoms with van der Waals surface area (Å²) in [5, 5.41) is 29.2. The van der Waals surface area contributed by atoms with Gasteiger partial charge in [0.25, 0.3) is 0 Å². The molecule has 5 nitrogen and oxygen atoms in total. The molecule has 1 fully saturated rings. The SMILES string of the molecule is CC1CC(c2ccccc2F)N(C(=O)C2=C[C@@H](O)[C@@H](O)[C@H](O)C2)C1. The second kappa shape index (κ2) is 6.63. The van der Waals surface area contributed by atoms with Crippen LogP contribution in [0, 0.1) is 11.7 Å². The number of likely N-dealkylation sites (tertiary alicyclic amines) is 1. The molecule has 0 radical (unpaired) electrons. The molecule has 3 N–H and O–H groups in total. The zero-order valence-corrected chi connectivity index (χ0v) is 13.5. The summed E-state index contributed by atoms with van der Waals surface area (Å²) >= 11 is 0. The molecule has 1 amide bonds. The lowest BCUT2D eigenvalue weighted by Gasteiger charge is -2.31. The molecule has 0 saturated carbocycles. The number of hydrogen-bond donors (Lipinski definition) is 3. The number of benzene rings is 1. The van der Waals surface area contributed by atoms with E-state index in [1.165, 1.54) is 12.1 Å². The van der Waals surface area contributed by atoms with E-state index in [1.54, 1.807) is 23.1 Å². The van der Waals surface area contributed by atoms with Crippen LogP contribution < -0.4 is 0 Å². The first-order valence-corrected chi connectivity index (χ1v) is 8.18. The summed E-state index contributed by atoms with van der Waals surface area (Å²) in [6.45, 7) is 2.49. The Balaban J connectivity index is 1.88. The minimum Gasteiger partial charge on any atom is -0.390 e. The first kappa shape index (κ1) is 17.1. The molecule has 5 atom stereocenters. The van der Waals surface area contributed by atoms with Gasteiger partial charge in [-0.3, -0.25) is 4.79 Å². The van der Waals surface area contributed by atoms with Gasteiger partial charge in [-0.2, -0.15) is 0 Å². The molecule has 1 aliphatic heterocycles. The molecule has 2 unspecified atom stereocenters. The van der Waals surface area contributed by atoms with Crippen LogP contribution in [0.15, 0.2) is 35.9 Å². The van der Waals surface area contributed by atoms with E-state index in [9.17, 15) is 24.5 Å². The predicted molar refractivity (Wildman–Crippen MR) is 85.4 cm³/mol. The number of rotatable bonds is 2. The van der Waals surface area contributed by atoms with Gasteiger partial charge in [-0.25, -0.2) is 4.39 Å². The molecule has 1 heterocycles. The van der Waals surface area contributed by atoms with E-state index in [0.717, 1.165) is 0 Å². The van der Waals surface area contributed by atoms with Crippen LogP contribution in [0.1, 0.15) is 31.4 Å². The van der Waals surface area contributed by atoms with Gasteiger partial charge in [0, 0.05) is 24.1 Å². The van der Waals surface area contributed by atoms with E-state index >= 15 is 0 Å². The van der Waals surface area contributed by atoms with Crippen LogP contribution in [-0.4, -0.2) is 51.0 Å². The largest absolute Gasteiger partial charge is 0.390 e. The summed E-state index contributed by atoms with van der Waals surface area (Å²) in [6, 6.07) is 6.05. The lowest BCUT2D eigenvalue weighted by atomic mass is 9.91. The van der Waals surface area contributed by atoms with Crippen molar-refractivity contribution in [1.82, 2.24) is 4.90 Å². The van der Waals surface area contributed by atoms with Crippen molar-refractivity contribution in [3.8, 4) is 0 Å². The Bertz CT molecular complexity index is 662. The van der Waals surface area contributed by atoms with E-state index in [4.69, 9.17) is 0 Å². The van der Waals surface area contributed by atoms with Gasteiger partial charge in [-0.05, 0) is 24.5 Å². The number of aliphatic hydroxyl groups excluding tert-OH is 3. The van der Waals surface area contributed by atoms with Gasteiger partial charge >= 0.3 is 0 Å². The van der Waals surface area contributed by atoms with Gasteiger partial charge in [0.1, 0.15) is 18.0 Å².